The van der Waals surface area contributed by atoms with Crippen molar-refractivity contribution in [3.8, 4) is 48.3 Å². The van der Waals surface area contributed by atoms with Crippen LogP contribution in [0.1, 0.15) is 43.0 Å². The van der Waals surface area contributed by atoms with E-state index in [1.54, 1.807) is 0 Å². The van der Waals surface area contributed by atoms with Crippen LogP contribution >= 0.6 is 0 Å². The minimum absolute atomic E-state index is 0.0275. The number of benzene rings is 2. The lowest BCUT2D eigenvalue weighted by atomic mass is 10.0. The Labute approximate surface area is 179 Å². The van der Waals surface area contributed by atoms with Crippen molar-refractivity contribution in [3.05, 3.63) is 57.6 Å². The first-order valence-electron chi connectivity index (χ1n) is 8.30. The minimum atomic E-state index is -1.13. The van der Waals surface area contributed by atoms with Crippen molar-refractivity contribution in [1.82, 2.24) is 0 Å². The quantitative estimate of drug-likeness (QED) is 0.595. The van der Waals surface area contributed by atoms with E-state index >= 15 is 0 Å². The third-order valence-corrected chi connectivity index (χ3v) is 3.81. The van der Waals surface area contributed by atoms with E-state index in [0.29, 0.717) is 5.56 Å². The molecule has 0 spiro atoms. The highest BCUT2D eigenvalue weighted by atomic mass is 16.5. The van der Waals surface area contributed by atoms with Gasteiger partial charge in [-0.25, -0.2) is 9.59 Å². The van der Waals surface area contributed by atoms with Crippen molar-refractivity contribution in [2.75, 3.05) is 21.3 Å². The van der Waals surface area contributed by atoms with Crippen molar-refractivity contribution in [1.29, 1.82) is 10.5 Å². The third kappa shape index (κ3) is 5.55. The second-order valence-corrected chi connectivity index (χ2v) is 5.52. The molecule has 0 aromatic heterocycles. The average Bonchev–Trinajstić information content (AvgIpc) is 2.81. The van der Waals surface area contributed by atoms with Crippen LogP contribution in [0.25, 0.3) is 0 Å². The summed E-state index contributed by atoms with van der Waals surface area (Å²) in [6.45, 7) is 0. The Bertz CT molecular complexity index is 1120. The number of esters is 1. The standard InChI is InChI=1S/C12H9NO3.C11H7NO3/c1-4-8-5-9(12(14)16-3)6-10(7-13)11(8)15-2;1-3-7-4-8(11(13)14)5-9(6-12)10(7)15-2/h1,5-6H,2-3H3;1,4-5H,2H3,(H,13,14). The van der Waals surface area contributed by atoms with Crippen LogP contribution in [-0.4, -0.2) is 38.4 Å². The molecule has 0 saturated carbocycles. The molecule has 0 fully saturated rings. The average molecular weight is 416 g/mol. The number of nitriles is 2. The van der Waals surface area contributed by atoms with Gasteiger partial charge in [0.1, 0.15) is 12.1 Å². The van der Waals surface area contributed by atoms with Gasteiger partial charge in [0.05, 0.1) is 54.7 Å². The van der Waals surface area contributed by atoms with E-state index in [1.165, 1.54) is 45.6 Å². The summed E-state index contributed by atoms with van der Waals surface area (Å²) in [5, 5.41) is 26.5. The van der Waals surface area contributed by atoms with Gasteiger partial charge in [0.15, 0.2) is 11.5 Å². The highest BCUT2D eigenvalue weighted by Crippen LogP contribution is 2.25. The van der Waals surface area contributed by atoms with Crippen LogP contribution in [-0.2, 0) is 4.74 Å². The molecule has 2 aromatic rings. The number of carbonyl (C=O) groups is 2. The summed E-state index contributed by atoms with van der Waals surface area (Å²) in [7, 11) is 4.04. The van der Waals surface area contributed by atoms with Crippen LogP contribution in [0.4, 0.5) is 0 Å². The molecular weight excluding hydrogens is 400 g/mol. The number of hydrogen-bond acceptors (Lipinski definition) is 7. The molecule has 0 saturated heterocycles. The summed E-state index contributed by atoms with van der Waals surface area (Å²) in [6, 6.07) is 9.09. The van der Waals surface area contributed by atoms with Crippen molar-refractivity contribution in [2.24, 2.45) is 0 Å². The fourth-order valence-electron chi connectivity index (χ4n) is 2.44. The van der Waals surface area contributed by atoms with Crippen molar-refractivity contribution >= 4 is 11.9 Å². The minimum Gasteiger partial charge on any atom is -0.494 e. The summed E-state index contributed by atoms with van der Waals surface area (Å²) < 4.78 is 14.5. The van der Waals surface area contributed by atoms with Gasteiger partial charge < -0.3 is 19.3 Å². The van der Waals surface area contributed by atoms with Gasteiger partial charge in [0.25, 0.3) is 0 Å². The number of methoxy groups -OCH3 is 3. The lowest BCUT2D eigenvalue weighted by molar-refractivity contribution is 0.0599. The topological polar surface area (TPSA) is 130 Å². The van der Waals surface area contributed by atoms with Crippen molar-refractivity contribution in [2.45, 2.75) is 0 Å². The van der Waals surface area contributed by atoms with E-state index in [-0.39, 0.29) is 39.3 Å². The van der Waals surface area contributed by atoms with Crippen LogP contribution in [0.5, 0.6) is 11.5 Å². The first-order chi connectivity index (χ1) is 14.8. The maximum Gasteiger partial charge on any atom is 0.337 e. The van der Waals surface area contributed by atoms with Crippen LogP contribution in [0.15, 0.2) is 24.3 Å². The van der Waals surface area contributed by atoms with Gasteiger partial charge in [-0.3, -0.25) is 0 Å². The van der Waals surface area contributed by atoms with Gasteiger partial charge in [-0.2, -0.15) is 10.5 Å². The SMILES string of the molecule is C#Cc1cc(C(=O)O)cc(C#N)c1OC.C#Cc1cc(C(=O)OC)cc(C#N)c1OC. The van der Waals surface area contributed by atoms with Crippen LogP contribution in [0.2, 0.25) is 0 Å². The number of nitrogens with zero attached hydrogens (tertiary/aromatic N) is 2. The molecule has 0 amide bonds. The van der Waals surface area contributed by atoms with Gasteiger partial charge in [-0.15, -0.1) is 12.8 Å². The molecule has 2 aromatic carbocycles. The first-order valence-corrected chi connectivity index (χ1v) is 8.30. The monoisotopic (exact) mass is 416 g/mol. The lowest BCUT2D eigenvalue weighted by Crippen LogP contribution is -2.04. The molecule has 0 heterocycles. The predicted octanol–water partition coefficient (Wildman–Crippen LogP) is 2.58. The van der Waals surface area contributed by atoms with E-state index in [2.05, 4.69) is 16.6 Å². The number of ether oxygens (including phenoxy) is 3. The number of terminal acetylenes is 2. The second kappa shape index (κ2) is 11.2. The van der Waals surface area contributed by atoms with E-state index in [1.807, 2.05) is 12.1 Å². The number of carboxylic acids is 1. The summed E-state index contributed by atoms with van der Waals surface area (Å²) in [6.07, 6.45) is 10.5. The highest BCUT2D eigenvalue weighted by Gasteiger charge is 2.15. The fourth-order valence-corrected chi connectivity index (χ4v) is 2.44. The molecule has 154 valence electrons. The zero-order valence-corrected chi connectivity index (χ0v) is 16.8. The van der Waals surface area contributed by atoms with Gasteiger partial charge >= 0.3 is 11.9 Å². The zero-order chi connectivity index (χ0) is 23.6. The Balaban J connectivity index is 0.000000311. The largest absolute Gasteiger partial charge is 0.494 e. The van der Waals surface area contributed by atoms with Crippen LogP contribution in [0, 0.1) is 47.3 Å². The Morgan fingerprint density at radius 1 is 0.806 bits per heavy atom. The van der Waals surface area contributed by atoms with E-state index < -0.39 is 11.9 Å². The molecule has 8 nitrogen and oxygen atoms in total. The number of carboxylic acid groups (broad SMARTS) is 1. The second-order valence-electron chi connectivity index (χ2n) is 5.52. The molecule has 0 unspecified atom stereocenters. The number of rotatable bonds is 4. The van der Waals surface area contributed by atoms with Gasteiger partial charge in [-0.1, -0.05) is 11.8 Å². The zero-order valence-electron chi connectivity index (χ0n) is 16.8. The fraction of sp³-hybridized carbons (Fsp3) is 0.130. The Morgan fingerprint density at radius 3 is 1.52 bits per heavy atom. The molecule has 0 aliphatic rings. The normalized spacial score (nSPS) is 8.74. The molecule has 1 N–H and O–H groups in total. The molecule has 2 rings (SSSR count). The summed E-state index contributed by atoms with van der Waals surface area (Å²) in [4.78, 5) is 22.0. The van der Waals surface area contributed by atoms with E-state index in [0.717, 1.165) is 0 Å². The molecule has 0 atom stereocenters. The Kier molecular flexibility index (Phi) is 8.69. The van der Waals surface area contributed by atoms with Crippen LogP contribution < -0.4 is 9.47 Å². The molecule has 0 bridgehead atoms. The van der Waals surface area contributed by atoms with Gasteiger partial charge in [0.2, 0.25) is 0 Å². The van der Waals surface area contributed by atoms with Crippen LogP contribution in [0.3, 0.4) is 0 Å². The molecule has 0 radical (unpaired) electrons. The highest BCUT2D eigenvalue weighted by molar-refractivity contribution is 5.91. The van der Waals surface area contributed by atoms with Gasteiger partial charge in [0, 0.05) is 0 Å². The number of aromatic carboxylic acids is 1. The number of carbonyl (C=O) groups excluding carboxylic acids is 1. The van der Waals surface area contributed by atoms with Gasteiger partial charge in [-0.05, 0) is 24.3 Å². The lowest BCUT2D eigenvalue weighted by Gasteiger charge is -2.07. The first kappa shape index (κ1) is 24.1. The molecule has 8 heteroatoms. The predicted molar refractivity (Wildman–Crippen MR) is 110 cm³/mol. The maximum atomic E-state index is 11.3. The Morgan fingerprint density at radius 2 is 1.19 bits per heavy atom. The van der Waals surface area contributed by atoms with E-state index in [9.17, 15) is 9.59 Å². The Hall–Kier alpha value is -4.92. The summed E-state index contributed by atoms with van der Waals surface area (Å²) in [5.74, 6) is 3.47. The molecule has 31 heavy (non-hydrogen) atoms. The number of hydrogen-bond donors (Lipinski definition) is 1. The summed E-state index contributed by atoms with van der Waals surface area (Å²) >= 11 is 0. The van der Waals surface area contributed by atoms with E-state index in [4.69, 9.17) is 38.0 Å². The molecule has 0 aliphatic carbocycles. The van der Waals surface area contributed by atoms with Crippen molar-refractivity contribution in [3.63, 3.8) is 0 Å². The maximum absolute atomic E-state index is 11.3. The molecule has 0 aliphatic heterocycles. The molecular formula is C23H16N2O6. The third-order valence-electron chi connectivity index (χ3n) is 3.81. The van der Waals surface area contributed by atoms with Crippen molar-refractivity contribution < 1.29 is 28.9 Å². The smallest absolute Gasteiger partial charge is 0.337 e. The summed E-state index contributed by atoms with van der Waals surface area (Å²) in [5.41, 5.74) is 1.13.